The molecule has 2 atom stereocenters. The number of amides is 1. The van der Waals surface area contributed by atoms with Crippen LogP contribution in [0.25, 0.3) is 33.1 Å². The zero-order chi connectivity index (χ0) is 25.4. The van der Waals surface area contributed by atoms with E-state index in [1.54, 1.807) is 28.4 Å². The van der Waals surface area contributed by atoms with Gasteiger partial charge in [0.1, 0.15) is 22.2 Å². The third-order valence-corrected chi connectivity index (χ3v) is 7.47. The lowest BCUT2D eigenvalue weighted by Crippen LogP contribution is -2.42. The number of anilines is 1. The molecule has 2 unspecified atom stereocenters. The number of rotatable bonds is 6. The van der Waals surface area contributed by atoms with Gasteiger partial charge in [0.15, 0.2) is 11.5 Å². The number of imidazole rings is 1. The van der Waals surface area contributed by atoms with Crippen molar-refractivity contribution in [2.75, 3.05) is 5.32 Å². The highest BCUT2D eigenvalue weighted by molar-refractivity contribution is 7.13. The van der Waals surface area contributed by atoms with Crippen LogP contribution >= 0.6 is 22.9 Å². The maximum atomic E-state index is 12.6. The number of fused-ring (bicyclic) bond motifs is 1. The van der Waals surface area contributed by atoms with Crippen LogP contribution in [0.5, 0.6) is 0 Å². The molecular weight excluding hydrogens is 510 g/mol. The van der Waals surface area contributed by atoms with Crippen molar-refractivity contribution in [1.29, 1.82) is 0 Å². The molecule has 5 aromatic rings. The molecule has 0 bridgehead atoms. The Hall–Kier alpha value is -3.83. The Morgan fingerprint density at radius 2 is 2.11 bits per heavy atom. The van der Waals surface area contributed by atoms with Gasteiger partial charge in [0.05, 0.1) is 28.7 Å². The molecule has 10 nitrogen and oxygen atoms in total. The molecule has 1 amide bonds. The van der Waals surface area contributed by atoms with E-state index in [0.717, 1.165) is 47.6 Å². The van der Waals surface area contributed by atoms with Crippen molar-refractivity contribution in [3.63, 3.8) is 0 Å². The van der Waals surface area contributed by atoms with Gasteiger partial charge in [-0.15, -0.1) is 11.3 Å². The number of H-pyrrole nitrogens is 1. The van der Waals surface area contributed by atoms with Crippen molar-refractivity contribution in [2.45, 2.75) is 37.8 Å². The minimum absolute atomic E-state index is 0.0601. The molecule has 1 saturated carbocycles. The summed E-state index contributed by atoms with van der Waals surface area (Å²) in [7, 11) is 1.85. The molecule has 1 fully saturated rings. The summed E-state index contributed by atoms with van der Waals surface area (Å²) < 4.78 is 1.77. The van der Waals surface area contributed by atoms with Gasteiger partial charge in [-0.3, -0.25) is 4.79 Å². The molecule has 0 aliphatic heterocycles. The Labute approximate surface area is 221 Å². The first kappa shape index (κ1) is 23.6. The summed E-state index contributed by atoms with van der Waals surface area (Å²) in [6.07, 6.45) is 10.4. The van der Waals surface area contributed by atoms with Crippen LogP contribution in [0.1, 0.15) is 36.2 Å². The zero-order valence-corrected chi connectivity index (χ0v) is 21.6. The molecule has 0 saturated heterocycles. The van der Waals surface area contributed by atoms with Crippen molar-refractivity contribution in [2.24, 2.45) is 7.05 Å². The van der Waals surface area contributed by atoms with Gasteiger partial charge >= 0.3 is 0 Å². The van der Waals surface area contributed by atoms with Gasteiger partial charge in [-0.25, -0.2) is 24.9 Å². The second kappa shape index (κ2) is 9.91. The average Bonchev–Trinajstić information content (AvgIpc) is 3.65. The Morgan fingerprint density at radius 1 is 1.22 bits per heavy atom. The highest BCUT2D eigenvalue weighted by Crippen LogP contribution is 2.31. The van der Waals surface area contributed by atoms with E-state index in [1.807, 2.05) is 36.8 Å². The first-order chi connectivity index (χ1) is 18.0. The monoisotopic (exact) mass is 533 g/mol. The number of aryl methyl sites for hydroxylation is 1. The number of aromatic nitrogens is 7. The minimum atomic E-state index is -0.144. The van der Waals surface area contributed by atoms with Crippen LogP contribution in [0.2, 0.25) is 5.15 Å². The third-order valence-electron chi connectivity index (χ3n) is 6.39. The second-order valence-corrected chi connectivity index (χ2v) is 10.5. The summed E-state index contributed by atoms with van der Waals surface area (Å²) in [5.41, 5.74) is 3.23. The van der Waals surface area contributed by atoms with E-state index in [-0.39, 0.29) is 18.0 Å². The first-order valence-corrected chi connectivity index (χ1v) is 13.3. The van der Waals surface area contributed by atoms with E-state index in [0.29, 0.717) is 27.8 Å². The fraction of sp³-hybridized carbons (Fsp3) is 0.280. The predicted octanol–water partition coefficient (Wildman–Crippen LogP) is 4.68. The molecule has 1 aliphatic carbocycles. The Morgan fingerprint density at radius 3 is 2.92 bits per heavy atom. The van der Waals surface area contributed by atoms with Gasteiger partial charge in [-0.05, 0) is 37.1 Å². The average molecular weight is 534 g/mol. The van der Waals surface area contributed by atoms with Gasteiger partial charge in [0, 0.05) is 37.6 Å². The molecule has 1 aliphatic rings. The van der Waals surface area contributed by atoms with Crippen molar-refractivity contribution in [1.82, 2.24) is 39.8 Å². The van der Waals surface area contributed by atoms with Crippen LogP contribution < -0.4 is 10.6 Å². The van der Waals surface area contributed by atoms with Crippen LogP contribution in [0.3, 0.4) is 0 Å². The highest BCUT2D eigenvalue weighted by atomic mass is 35.5. The number of hydrogen-bond acceptors (Lipinski definition) is 8. The van der Waals surface area contributed by atoms with Crippen LogP contribution in [0, 0.1) is 0 Å². The Balaban J connectivity index is 1.26. The van der Waals surface area contributed by atoms with E-state index in [2.05, 4.69) is 30.6 Å². The SMILES string of the molecule is Cn1cnc(C(=O)NC2CCCC(Nc3cc(-c4cccs4)nc(-c4c[nH]c5ncc(Cl)nc45)n3)C2)c1. The maximum absolute atomic E-state index is 12.6. The maximum Gasteiger partial charge on any atom is 0.271 e. The molecule has 5 aromatic heterocycles. The molecule has 0 spiro atoms. The zero-order valence-electron chi connectivity index (χ0n) is 20.0. The fourth-order valence-electron chi connectivity index (χ4n) is 4.68. The summed E-state index contributed by atoms with van der Waals surface area (Å²) in [4.78, 5) is 39.4. The molecule has 6 rings (SSSR count). The summed E-state index contributed by atoms with van der Waals surface area (Å²) >= 11 is 7.74. The van der Waals surface area contributed by atoms with Crippen molar-refractivity contribution >= 4 is 45.8 Å². The van der Waals surface area contributed by atoms with E-state index >= 15 is 0 Å². The van der Waals surface area contributed by atoms with Crippen molar-refractivity contribution < 1.29 is 4.79 Å². The molecule has 5 heterocycles. The fourth-order valence-corrected chi connectivity index (χ4v) is 5.50. The minimum Gasteiger partial charge on any atom is -0.367 e. The second-order valence-electron chi connectivity index (χ2n) is 9.13. The van der Waals surface area contributed by atoms with Crippen LogP contribution in [-0.2, 0) is 7.05 Å². The van der Waals surface area contributed by atoms with Crippen molar-refractivity contribution in [3.8, 4) is 22.0 Å². The molecule has 37 heavy (non-hydrogen) atoms. The molecule has 12 heteroatoms. The lowest BCUT2D eigenvalue weighted by Gasteiger charge is -2.30. The van der Waals surface area contributed by atoms with Gasteiger partial charge in [-0.1, -0.05) is 17.7 Å². The summed E-state index contributed by atoms with van der Waals surface area (Å²) in [5, 5.41) is 9.07. The summed E-state index contributed by atoms with van der Waals surface area (Å²) in [6.45, 7) is 0. The van der Waals surface area contributed by atoms with E-state index in [9.17, 15) is 4.79 Å². The number of aromatic amines is 1. The number of carbonyl (C=O) groups is 1. The number of thiophene rings is 1. The topological polar surface area (TPSA) is 126 Å². The lowest BCUT2D eigenvalue weighted by atomic mass is 9.91. The molecule has 3 N–H and O–H groups in total. The Bertz CT molecular complexity index is 1560. The quantitative estimate of drug-likeness (QED) is 0.289. The van der Waals surface area contributed by atoms with Crippen molar-refractivity contribution in [3.05, 3.63) is 59.3 Å². The number of halogens is 1. The van der Waals surface area contributed by atoms with E-state index in [4.69, 9.17) is 21.6 Å². The standard InChI is InChI=1S/C25H24ClN9OS/c1-35-12-18(29-13-35)25(36)31-15-5-2-4-14(8-15)30-21-9-17(19-6-3-7-37-19)32-23(34-21)16-10-27-24-22(16)33-20(26)11-28-24/h3,6-7,9-15H,2,4-5,8H2,1H3,(H,27,28)(H,31,36)(H,30,32,34). The number of hydrogen-bond donors (Lipinski definition) is 3. The van der Waals surface area contributed by atoms with E-state index < -0.39 is 0 Å². The molecule has 0 aromatic carbocycles. The van der Waals surface area contributed by atoms with E-state index in [1.165, 1.54) is 6.20 Å². The molecule has 0 radical (unpaired) electrons. The first-order valence-electron chi connectivity index (χ1n) is 12.0. The van der Waals surface area contributed by atoms with Gasteiger partial charge < -0.3 is 20.2 Å². The largest absolute Gasteiger partial charge is 0.367 e. The number of carbonyl (C=O) groups excluding carboxylic acids is 1. The van der Waals surface area contributed by atoms with Gasteiger partial charge in [0.25, 0.3) is 5.91 Å². The molecule has 188 valence electrons. The normalized spacial score (nSPS) is 17.7. The highest BCUT2D eigenvalue weighted by Gasteiger charge is 2.25. The van der Waals surface area contributed by atoms with Crippen LogP contribution in [0.4, 0.5) is 5.82 Å². The summed E-state index contributed by atoms with van der Waals surface area (Å²) in [5.74, 6) is 1.11. The predicted molar refractivity (Wildman–Crippen MR) is 144 cm³/mol. The van der Waals surface area contributed by atoms with Gasteiger partial charge in [0.2, 0.25) is 0 Å². The summed E-state index contributed by atoms with van der Waals surface area (Å²) in [6, 6.07) is 6.22. The van der Waals surface area contributed by atoms with Gasteiger partial charge in [-0.2, -0.15) is 0 Å². The lowest BCUT2D eigenvalue weighted by molar-refractivity contribution is 0.0921. The van der Waals surface area contributed by atoms with Crippen LogP contribution in [-0.4, -0.2) is 52.5 Å². The molecular formula is C25H24ClN9OS. The smallest absolute Gasteiger partial charge is 0.271 e. The number of nitrogens with one attached hydrogen (secondary N) is 3. The number of nitrogens with zero attached hydrogens (tertiary/aromatic N) is 6. The van der Waals surface area contributed by atoms with Crippen LogP contribution in [0.15, 0.2) is 48.5 Å². The third kappa shape index (κ3) is 5.05. The Kier molecular flexibility index (Phi) is 6.31.